The van der Waals surface area contributed by atoms with Crippen LogP contribution in [-0.2, 0) is 4.79 Å². The maximum absolute atomic E-state index is 11.4. The molecule has 0 aliphatic heterocycles. The van der Waals surface area contributed by atoms with Crippen LogP contribution in [0.15, 0.2) is 24.3 Å². The molecule has 1 rings (SSSR count). The van der Waals surface area contributed by atoms with Crippen molar-refractivity contribution in [2.24, 2.45) is 0 Å². The van der Waals surface area contributed by atoms with Gasteiger partial charge >= 0.3 is 0 Å². The second-order valence-electron chi connectivity index (χ2n) is 3.86. The zero-order chi connectivity index (χ0) is 11.3. The number of carbonyl (C=O) groups is 1. The third-order valence-electron chi connectivity index (χ3n) is 2.47. The molecule has 0 aliphatic carbocycles. The first-order valence-electron chi connectivity index (χ1n) is 5.42. The molecule has 0 amide bonds. The highest BCUT2D eigenvalue weighted by molar-refractivity contribution is 5.93. The molecule has 1 nitrogen and oxygen atoms in total. The molecule has 15 heavy (non-hydrogen) atoms. The molecule has 0 N–H and O–H groups in total. The van der Waals surface area contributed by atoms with Crippen LogP contribution in [0.25, 0.3) is 6.08 Å². The third-order valence-corrected chi connectivity index (χ3v) is 2.47. The molecule has 0 fully saturated rings. The van der Waals surface area contributed by atoms with Gasteiger partial charge < -0.3 is 0 Å². The van der Waals surface area contributed by atoms with Gasteiger partial charge in [0.2, 0.25) is 0 Å². The van der Waals surface area contributed by atoms with E-state index in [2.05, 4.69) is 26.0 Å². The number of allylic oxidation sites excluding steroid dienone is 1. The summed E-state index contributed by atoms with van der Waals surface area (Å²) in [6.07, 6.45) is 5.18. The normalized spacial score (nSPS) is 10.9. The molecule has 1 heteroatoms. The first-order valence-corrected chi connectivity index (χ1v) is 5.42. The zero-order valence-electron chi connectivity index (χ0n) is 9.71. The molecular formula is C14H18O. The number of benzene rings is 1. The number of rotatable bonds is 4. The Morgan fingerprint density at radius 1 is 1.27 bits per heavy atom. The van der Waals surface area contributed by atoms with E-state index in [1.807, 2.05) is 19.1 Å². The maximum Gasteiger partial charge on any atom is 0.155 e. The van der Waals surface area contributed by atoms with Gasteiger partial charge in [-0.2, -0.15) is 0 Å². The molecule has 0 unspecified atom stereocenters. The van der Waals surface area contributed by atoms with Gasteiger partial charge in [0.1, 0.15) is 0 Å². The van der Waals surface area contributed by atoms with Crippen LogP contribution in [0.2, 0.25) is 0 Å². The third kappa shape index (κ3) is 3.35. The topological polar surface area (TPSA) is 17.1 Å². The van der Waals surface area contributed by atoms with Crippen LogP contribution < -0.4 is 0 Å². The number of hydrogen-bond donors (Lipinski definition) is 0. The minimum absolute atomic E-state index is 0.208. The summed E-state index contributed by atoms with van der Waals surface area (Å²) in [6.45, 7) is 6.15. The Hall–Kier alpha value is -1.37. The van der Waals surface area contributed by atoms with E-state index in [1.165, 1.54) is 16.7 Å². The fourth-order valence-corrected chi connectivity index (χ4v) is 1.60. The minimum atomic E-state index is 0.208. The second kappa shape index (κ2) is 5.50. The van der Waals surface area contributed by atoms with E-state index < -0.39 is 0 Å². The molecule has 0 aliphatic rings. The lowest BCUT2D eigenvalue weighted by molar-refractivity contribution is -0.114. The lowest BCUT2D eigenvalue weighted by atomic mass is 10.0. The van der Waals surface area contributed by atoms with Gasteiger partial charge in [-0.15, -0.1) is 0 Å². The van der Waals surface area contributed by atoms with Crippen LogP contribution in [0, 0.1) is 13.8 Å². The average molecular weight is 202 g/mol. The quantitative estimate of drug-likeness (QED) is 0.680. The zero-order valence-corrected chi connectivity index (χ0v) is 9.71. The molecule has 80 valence electrons. The van der Waals surface area contributed by atoms with Gasteiger partial charge in [-0.3, -0.25) is 4.79 Å². The monoisotopic (exact) mass is 202 g/mol. The van der Waals surface area contributed by atoms with Gasteiger partial charge in [-0.05, 0) is 43.0 Å². The molecule has 0 spiro atoms. The van der Waals surface area contributed by atoms with Crippen molar-refractivity contribution in [3.8, 4) is 0 Å². The van der Waals surface area contributed by atoms with Crippen molar-refractivity contribution < 1.29 is 4.79 Å². The van der Waals surface area contributed by atoms with Gasteiger partial charge in [-0.25, -0.2) is 0 Å². The van der Waals surface area contributed by atoms with Crippen LogP contribution in [-0.4, -0.2) is 5.78 Å². The Labute approximate surface area is 91.8 Å². The van der Waals surface area contributed by atoms with Gasteiger partial charge in [-0.1, -0.05) is 31.2 Å². The Morgan fingerprint density at radius 2 is 1.87 bits per heavy atom. The summed E-state index contributed by atoms with van der Waals surface area (Å²) in [4.78, 5) is 11.4. The molecule has 0 saturated heterocycles. The van der Waals surface area contributed by atoms with Gasteiger partial charge in [0, 0.05) is 6.42 Å². The highest BCUT2D eigenvalue weighted by Crippen LogP contribution is 2.15. The number of hydrogen-bond acceptors (Lipinski definition) is 1. The Kier molecular flexibility index (Phi) is 4.29. The van der Waals surface area contributed by atoms with Crippen molar-refractivity contribution in [2.45, 2.75) is 33.6 Å². The molecule has 0 atom stereocenters. The fraction of sp³-hybridized carbons (Fsp3) is 0.357. The van der Waals surface area contributed by atoms with E-state index in [9.17, 15) is 4.79 Å². The summed E-state index contributed by atoms with van der Waals surface area (Å²) < 4.78 is 0. The predicted octanol–water partition coefficient (Wildman–Crippen LogP) is 3.69. The summed E-state index contributed by atoms with van der Waals surface area (Å²) in [7, 11) is 0. The van der Waals surface area contributed by atoms with E-state index in [0.717, 1.165) is 6.42 Å². The van der Waals surface area contributed by atoms with E-state index in [-0.39, 0.29) is 5.78 Å². The molecule has 0 aromatic heterocycles. The molecule has 1 aromatic carbocycles. The van der Waals surface area contributed by atoms with Gasteiger partial charge in [0.25, 0.3) is 0 Å². The van der Waals surface area contributed by atoms with Crippen molar-refractivity contribution in [1.29, 1.82) is 0 Å². The smallest absolute Gasteiger partial charge is 0.155 e. The Bertz CT molecular complexity index is 355. The van der Waals surface area contributed by atoms with E-state index in [4.69, 9.17) is 0 Å². The fourth-order valence-electron chi connectivity index (χ4n) is 1.60. The van der Waals surface area contributed by atoms with Crippen LogP contribution in [0.3, 0.4) is 0 Å². The van der Waals surface area contributed by atoms with Crippen molar-refractivity contribution in [3.05, 3.63) is 41.0 Å². The van der Waals surface area contributed by atoms with E-state index >= 15 is 0 Å². The summed E-state index contributed by atoms with van der Waals surface area (Å²) in [5.74, 6) is 0.208. The lowest BCUT2D eigenvalue weighted by Gasteiger charge is -2.03. The number of carbonyl (C=O) groups excluding carboxylic acids is 1. The van der Waals surface area contributed by atoms with Crippen molar-refractivity contribution in [2.75, 3.05) is 0 Å². The van der Waals surface area contributed by atoms with Crippen LogP contribution in [0.4, 0.5) is 0 Å². The summed E-state index contributed by atoms with van der Waals surface area (Å²) >= 11 is 0. The summed E-state index contributed by atoms with van der Waals surface area (Å²) in [5.41, 5.74) is 3.60. The predicted molar refractivity (Wildman–Crippen MR) is 64.9 cm³/mol. The summed E-state index contributed by atoms with van der Waals surface area (Å²) in [6, 6.07) is 6.17. The van der Waals surface area contributed by atoms with Crippen LogP contribution in [0.5, 0.6) is 0 Å². The molecule has 0 saturated carbocycles. The van der Waals surface area contributed by atoms with Gasteiger partial charge in [0.15, 0.2) is 5.78 Å². The largest absolute Gasteiger partial charge is 0.295 e. The van der Waals surface area contributed by atoms with Crippen LogP contribution >= 0.6 is 0 Å². The highest BCUT2D eigenvalue weighted by Gasteiger charge is 1.99. The SMILES string of the molecule is CCCC(=O)/C=C/c1c(C)cccc1C. The van der Waals surface area contributed by atoms with Crippen LogP contribution in [0.1, 0.15) is 36.5 Å². The van der Waals surface area contributed by atoms with Gasteiger partial charge in [0.05, 0.1) is 0 Å². The second-order valence-corrected chi connectivity index (χ2v) is 3.86. The molecule has 0 heterocycles. The molecular weight excluding hydrogens is 184 g/mol. The van der Waals surface area contributed by atoms with Crippen molar-refractivity contribution >= 4 is 11.9 Å². The molecule has 0 radical (unpaired) electrons. The summed E-state index contributed by atoms with van der Waals surface area (Å²) in [5, 5.41) is 0. The van der Waals surface area contributed by atoms with Crippen molar-refractivity contribution in [3.63, 3.8) is 0 Å². The lowest BCUT2D eigenvalue weighted by Crippen LogP contribution is -1.91. The molecule has 1 aromatic rings. The maximum atomic E-state index is 11.4. The first kappa shape index (κ1) is 11.7. The average Bonchev–Trinajstić information content (AvgIpc) is 2.17. The van der Waals surface area contributed by atoms with E-state index in [1.54, 1.807) is 6.08 Å². The highest BCUT2D eigenvalue weighted by atomic mass is 16.1. The van der Waals surface area contributed by atoms with E-state index in [0.29, 0.717) is 6.42 Å². The standard InChI is InChI=1S/C14H18O/c1-4-6-13(15)9-10-14-11(2)7-5-8-12(14)3/h5,7-10H,4,6H2,1-3H3/b10-9+. The number of aryl methyl sites for hydroxylation is 2. The minimum Gasteiger partial charge on any atom is -0.295 e. The Balaban J connectivity index is 2.84. The number of ketones is 1. The Morgan fingerprint density at radius 3 is 2.40 bits per heavy atom. The van der Waals surface area contributed by atoms with Crippen molar-refractivity contribution in [1.82, 2.24) is 0 Å². The molecule has 0 bridgehead atoms. The first-order chi connectivity index (χ1) is 7.15.